The molecular weight excluding hydrogens is 1940 g/mol. The van der Waals surface area contributed by atoms with Crippen molar-refractivity contribution < 1.29 is 197 Å². The lowest BCUT2D eigenvalue weighted by molar-refractivity contribution is -0.277. The molecule has 21 N–H and O–H groups in total. The first-order valence-electron chi connectivity index (χ1n) is 42.3. The van der Waals surface area contributed by atoms with Gasteiger partial charge in [-0.05, 0) is 158 Å². The highest BCUT2D eigenvalue weighted by Crippen LogP contribution is 2.41. The van der Waals surface area contributed by atoms with Crippen molar-refractivity contribution in [1.29, 1.82) is 0 Å². The number of carboxylic acid groups (broad SMARTS) is 1. The molecule has 5 aromatic carbocycles. The number of rotatable bonds is 29. The number of aromatic carboxylic acids is 1. The van der Waals surface area contributed by atoms with E-state index in [2.05, 4.69) is 46.9 Å². The molecule has 138 heavy (non-hydrogen) atoms. The Balaban J connectivity index is 0.000000216. The number of alkyl halides is 3. The van der Waals surface area contributed by atoms with E-state index < -0.39 is 199 Å². The molecule has 0 radical (unpaired) electrons. The fourth-order valence-corrected chi connectivity index (χ4v) is 18.9. The number of terminal acetylenes is 1. The molecule has 0 spiro atoms. The summed E-state index contributed by atoms with van der Waals surface area (Å²) < 4.78 is 112. The minimum Gasteiger partial charge on any atom is -0.478 e. The molecule has 0 saturated carbocycles. The molecule has 16 rings (SSSR count). The van der Waals surface area contributed by atoms with Gasteiger partial charge in [-0.1, -0.05) is 54.6 Å². The number of carbonyl (C=O) groups is 1. The number of hydrogen-bond donors (Lipinski definition) is 21. The average Bonchev–Trinajstić information content (AvgIpc) is 1.38. The van der Waals surface area contributed by atoms with E-state index in [9.17, 15) is 120 Å². The second kappa shape index (κ2) is 50.8. The normalized spacial score (nSPS) is 28.0. The molecule has 10 aromatic rings. The van der Waals surface area contributed by atoms with Gasteiger partial charge in [0.15, 0.2) is 11.5 Å². The standard InChI is InChI=1S/C21H20O7S.C18H19F3O7S.2C18H20O8S.C18H22O6S2.4H2/c1-2-3-9-26-14-6-4-13(5-7-14)11-17-15(8-10-29-17)27-21-20(25)19(24)18(23)16(12-22)28-21;19-18(20,21)28-10-3-1-9(2-4-10)7-13-11(5-6-29-13)26-17-16(25)15(24)14(23)12(8-22)27-17;19-7-13-15(20)16(21)17(22)18(26-13)25-11-3-4-27-14(11)6-9-1-2-10-12(5-9)24-8-23-10;19-8-12-14(20)15(21)16(22)18(26-12)25-11-5-6-27-13(11)7-9-1-3-10(4-2-9)17(23)24;1-25-11-4-2-10(3-5-11)8-14-12(6-7-26-14)23-18-17(22)16(21)15(20)13(9-19)24-18;;;;/h1,4-8,10,16,18-25H,11-12H2;1-6,12,14-17,22-25H,7-8H2;1-5,13,15-22H,6-8H2;1-6,12,14-16,18-22H,7-8H2,(H,23,24);2-7,13,15-22H,8-9H2,1H3;4*1H. The number of thioether (sulfide) groups is 1. The van der Waals surface area contributed by atoms with Gasteiger partial charge < -0.3 is 174 Å². The van der Waals surface area contributed by atoms with Gasteiger partial charge in [-0.2, -0.15) is 0 Å². The lowest BCUT2D eigenvalue weighted by atomic mass is 9.99. The van der Waals surface area contributed by atoms with Crippen molar-refractivity contribution in [3.8, 4) is 76.1 Å². The van der Waals surface area contributed by atoms with E-state index in [1.165, 1.54) is 98.0 Å². The Morgan fingerprint density at radius 2 is 0.659 bits per heavy atom. The number of carboxylic acids is 1. The van der Waals surface area contributed by atoms with Crippen LogP contribution in [0.1, 0.15) is 68.3 Å². The van der Waals surface area contributed by atoms with E-state index in [0.717, 1.165) is 41.8 Å². The molecule has 6 aliphatic rings. The maximum absolute atomic E-state index is 12.2. The van der Waals surface area contributed by atoms with Crippen LogP contribution in [0.3, 0.4) is 0 Å². The zero-order chi connectivity index (χ0) is 99.2. The summed E-state index contributed by atoms with van der Waals surface area (Å²) in [5, 5.41) is 214. The Labute approximate surface area is 816 Å². The first-order valence-corrected chi connectivity index (χ1v) is 47.9. The van der Waals surface area contributed by atoms with Crippen LogP contribution in [0, 0.1) is 24.4 Å². The predicted molar refractivity (Wildman–Crippen MR) is 497 cm³/mol. The van der Waals surface area contributed by atoms with E-state index in [0.29, 0.717) is 88.5 Å². The third-order valence-corrected chi connectivity index (χ3v) is 27.2. The maximum atomic E-state index is 12.2. The molecule has 0 bridgehead atoms. The van der Waals surface area contributed by atoms with Gasteiger partial charge in [0.25, 0.3) is 0 Å². The van der Waals surface area contributed by atoms with E-state index in [1.54, 1.807) is 77.1 Å². The number of ether oxygens (including phenoxy) is 14. The van der Waals surface area contributed by atoms with Gasteiger partial charge in [-0.25, -0.2) is 4.79 Å². The van der Waals surface area contributed by atoms with Crippen molar-refractivity contribution in [2.45, 2.75) is 197 Å². The van der Waals surface area contributed by atoms with E-state index >= 15 is 0 Å². The molecule has 0 aliphatic carbocycles. The lowest BCUT2D eigenvalue weighted by Crippen LogP contribution is -2.60. The smallest absolute Gasteiger partial charge is 0.478 e. The van der Waals surface area contributed by atoms with Crippen LogP contribution in [-0.4, -0.2) is 319 Å². The first-order chi connectivity index (χ1) is 66.2. The van der Waals surface area contributed by atoms with Crippen LogP contribution >= 0.6 is 68.4 Å². The van der Waals surface area contributed by atoms with Crippen LogP contribution < -0.4 is 42.6 Å². The molecule has 5 aromatic heterocycles. The Bertz CT molecular complexity index is 5550. The van der Waals surface area contributed by atoms with Crippen LogP contribution in [0.2, 0.25) is 0 Å². The van der Waals surface area contributed by atoms with E-state index in [1.807, 2.05) is 52.7 Å². The Morgan fingerprint density at radius 1 is 0.384 bits per heavy atom. The summed E-state index contributed by atoms with van der Waals surface area (Å²) in [6, 6.07) is 41.6. The largest absolute Gasteiger partial charge is 0.573 e. The van der Waals surface area contributed by atoms with Crippen molar-refractivity contribution in [1.82, 2.24) is 0 Å². The van der Waals surface area contributed by atoms with Gasteiger partial charge in [0, 0.05) is 48.6 Å². The second-order valence-electron chi connectivity index (χ2n) is 31.3. The summed E-state index contributed by atoms with van der Waals surface area (Å²) in [7, 11) is 0. The van der Waals surface area contributed by atoms with E-state index in [-0.39, 0.29) is 23.8 Å². The SMILES string of the molecule is C#CC#COc1ccc(Cc2sccc2OC2OC(CO)C(O)C(O)C2O)cc1.CSc1ccc(Cc2sccc2OC2OC(CO)C(O)C(O)C2O)cc1.O=C(O)c1ccc(Cc2sccc2OC2OC(CO)C(O)C(O)C2O)cc1.OCC1OC(Oc2ccsc2Cc2ccc(OC(F)(F)F)cc2)C(O)C(O)C1O.OCC1OC(Oc2ccsc2Cc2ccc3c(c2)OCO3)C(O)C(O)C1O.[HH].[HH].[HH].[HH]. The van der Waals surface area contributed by atoms with Crippen LogP contribution in [0.5, 0.6) is 51.7 Å². The van der Waals surface area contributed by atoms with Gasteiger partial charge in [-0.15, -0.1) is 88.0 Å². The van der Waals surface area contributed by atoms with Gasteiger partial charge in [0.05, 0.1) is 63.0 Å². The van der Waals surface area contributed by atoms with Gasteiger partial charge in [-0.3, -0.25) is 0 Å². The summed E-state index contributed by atoms with van der Waals surface area (Å²) in [5.41, 5.74) is 4.89. The highest BCUT2D eigenvalue weighted by Gasteiger charge is 2.50. The van der Waals surface area contributed by atoms with Crippen molar-refractivity contribution in [2.24, 2.45) is 0 Å². The summed E-state index contributed by atoms with van der Waals surface area (Å²) in [6.45, 7) is -2.39. The zero-order valence-electron chi connectivity index (χ0n) is 72.6. The van der Waals surface area contributed by atoms with Crippen molar-refractivity contribution in [2.75, 3.05) is 46.1 Å². The van der Waals surface area contributed by atoms with Gasteiger partial charge in [0.1, 0.15) is 168 Å². The van der Waals surface area contributed by atoms with E-state index in [4.69, 9.17) is 73.1 Å². The second-order valence-corrected chi connectivity index (χ2v) is 37.2. The summed E-state index contributed by atoms with van der Waals surface area (Å²) in [6.07, 6.45) is -26.0. The lowest BCUT2D eigenvalue weighted by Gasteiger charge is -2.39. The van der Waals surface area contributed by atoms with Crippen molar-refractivity contribution in [3.63, 3.8) is 0 Å². The molecule has 25 unspecified atom stereocenters. The molecule has 6 aliphatic heterocycles. The molecule has 5 saturated heterocycles. The maximum Gasteiger partial charge on any atom is 0.573 e. The Morgan fingerprint density at radius 3 is 0.942 bits per heavy atom. The minimum atomic E-state index is -4.76. The minimum absolute atomic E-state index is 0. The third kappa shape index (κ3) is 28.3. The van der Waals surface area contributed by atoms with Crippen molar-refractivity contribution in [3.05, 3.63) is 230 Å². The Kier molecular flexibility index (Phi) is 39.5. The zero-order valence-corrected chi connectivity index (χ0v) is 77.5. The number of benzene rings is 5. The molecule has 0 amide bonds. The van der Waals surface area contributed by atoms with Gasteiger partial charge >= 0.3 is 12.3 Å². The van der Waals surface area contributed by atoms with Crippen molar-refractivity contribution >= 4 is 74.4 Å². The Hall–Kier alpha value is -9.47. The van der Waals surface area contributed by atoms with Crippen LogP contribution in [0.25, 0.3) is 0 Å². The molecule has 5 fully saturated rings. The predicted octanol–water partition coefficient (Wildman–Crippen LogP) is 4.59. The summed E-state index contributed by atoms with van der Waals surface area (Å²) >= 11 is 8.89. The number of hydrogen-bond acceptors (Lipinski definition) is 41. The number of fused-ring (bicyclic) bond motifs is 1. The van der Waals surface area contributed by atoms with Gasteiger partial charge in [0.2, 0.25) is 38.2 Å². The van der Waals surface area contributed by atoms with Crippen LogP contribution in [0.15, 0.2) is 177 Å². The van der Waals surface area contributed by atoms with Crippen LogP contribution in [-0.2, 0) is 55.8 Å². The van der Waals surface area contributed by atoms with Crippen LogP contribution in [0.4, 0.5) is 13.2 Å². The average molecular weight is 2050 g/mol. The molecular formula is C93H109F3O36S6. The quantitative estimate of drug-likeness (QED) is 0.0225. The summed E-state index contributed by atoms with van der Waals surface area (Å²) in [5.74, 6) is 7.50. The fourth-order valence-electron chi connectivity index (χ4n) is 14.3. The fraction of sp³-hybridized carbons (Fsp3) is 0.409. The highest BCUT2D eigenvalue weighted by atomic mass is 32.2. The number of thiophene rings is 5. The molecule has 11 heterocycles. The topological polar surface area (TPSA) is 571 Å². The molecule has 25 atom stereocenters. The molecule has 754 valence electrons. The summed E-state index contributed by atoms with van der Waals surface area (Å²) in [4.78, 5) is 16.4. The number of aliphatic hydroxyl groups is 20. The first kappa shape index (κ1) is 107. The molecule has 36 nitrogen and oxygen atoms in total. The molecule has 45 heteroatoms. The number of aliphatic hydroxyl groups excluding tert-OH is 20. The third-order valence-electron chi connectivity index (χ3n) is 22.0. The highest BCUT2D eigenvalue weighted by molar-refractivity contribution is 7.98. The number of halogens is 3. The monoisotopic (exact) mass is 2050 g/mol.